The van der Waals surface area contributed by atoms with Crippen molar-refractivity contribution in [3.05, 3.63) is 42.5 Å². The van der Waals surface area contributed by atoms with Gasteiger partial charge in [0.1, 0.15) is 18.2 Å². The van der Waals surface area contributed by atoms with Crippen LogP contribution in [0.25, 0.3) is 5.69 Å². The predicted molar refractivity (Wildman–Crippen MR) is 75.2 cm³/mol. The number of carboxylic acids is 1. The minimum absolute atomic E-state index is 0.371. The molecule has 0 bridgehead atoms. The summed E-state index contributed by atoms with van der Waals surface area (Å²) < 4.78 is 1.53. The lowest BCUT2D eigenvalue weighted by Gasteiger charge is -2.31. The molecule has 0 aliphatic carbocycles. The maximum absolute atomic E-state index is 12.4. The molecule has 0 aliphatic rings. The Balaban J connectivity index is 2.32. The van der Waals surface area contributed by atoms with E-state index in [1.54, 1.807) is 24.3 Å². The smallest absolute Gasteiger partial charge is 0.329 e. The molecule has 0 saturated carbocycles. The van der Waals surface area contributed by atoms with E-state index in [-0.39, 0.29) is 5.91 Å². The molecule has 0 fully saturated rings. The van der Waals surface area contributed by atoms with Crippen molar-refractivity contribution in [1.82, 2.24) is 19.7 Å². The SMILES string of the molecule is CN(C(=O)c1cccc(-n2cncn2)c1)C(C)(C)C(=O)O. The highest BCUT2D eigenvalue weighted by Gasteiger charge is 2.35. The van der Waals surface area contributed by atoms with Gasteiger partial charge in [0.25, 0.3) is 5.91 Å². The highest BCUT2D eigenvalue weighted by atomic mass is 16.4. The number of nitrogens with zero attached hydrogens (tertiary/aromatic N) is 4. The molecular weight excluding hydrogens is 272 g/mol. The van der Waals surface area contributed by atoms with E-state index in [2.05, 4.69) is 10.1 Å². The first kappa shape index (κ1) is 14.7. The highest BCUT2D eigenvalue weighted by Crippen LogP contribution is 2.18. The molecule has 110 valence electrons. The average molecular weight is 288 g/mol. The topological polar surface area (TPSA) is 88.3 Å². The number of aromatic nitrogens is 3. The van der Waals surface area contributed by atoms with Crippen molar-refractivity contribution < 1.29 is 14.7 Å². The number of likely N-dealkylation sites (N-methyl/N-ethyl adjacent to an activating group) is 1. The van der Waals surface area contributed by atoms with Crippen LogP contribution in [0.5, 0.6) is 0 Å². The summed E-state index contributed by atoms with van der Waals surface area (Å²) in [6.07, 6.45) is 2.92. The van der Waals surface area contributed by atoms with Crippen molar-refractivity contribution in [3.8, 4) is 5.69 Å². The van der Waals surface area contributed by atoms with Gasteiger partial charge in [-0.3, -0.25) is 4.79 Å². The second-order valence-electron chi connectivity index (χ2n) is 5.12. The molecule has 7 nitrogen and oxygen atoms in total. The number of carbonyl (C=O) groups excluding carboxylic acids is 1. The Hall–Kier alpha value is -2.70. The maximum atomic E-state index is 12.4. The maximum Gasteiger partial charge on any atom is 0.329 e. The first-order chi connectivity index (χ1) is 9.84. The van der Waals surface area contributed by atoms with Crippen molar-refractivity contribution in [2.24, 2.45) is 0 Å². The largest absolute Gasteiger partial charge is 0.480 e. The number of carbonyl (C=O) groups is 2. The van der Waals surface area contributed by atoms with Gasteiger partial charge in [-0.1, -0.05) is 6.07 Å². The van der Waals surface area contributed by atoms with E-state index in [0.717, 1.165) is 0 Å². The van der Waals surface area contributed by atoms with E-state index in [1.165, 1.54) is 43.1 Å². The van der Waals surface area contributed by atoms with Crippen LogP contribution in [-0.4, -0.2) is 49.2 Å². The minimum atomic E-state index is -1.29. The summed E-state index contributed by atoms with van der Waals surface area (Å²) >= 11 is 0. The van der Waals surface area contributed by atoms with Crippen LogP contribution in [0.3, 0.4) is 0 Å². The van der Waals surface area contributed by atoms with Gasteiger partial charge in [-0.2, -0.15) is 5.10 Å². The lowest BCUT2D eigenvalue weighted by molar-refractivity contribution is -0.147. The summed E-state index contributed by atoms with van der Waals surface area (Å²) in [7, 11) is 1.47. The first-order valence-electron chi connectivity index (χ1n) is 6.30. The third-order valence-corrected chi connectivity index (χ3v) is 3.44. The summed E-state index contributed by atoms with van der Waals surface area (Å²) in [4.78, 5) is 28.7. The van der Waals surface area contributed by atoms with Gasteiger partial charge in [0.05, 0.1) is 5.69 Å². The number of amides is 1. The molecule has 1 aromatic carbocycles. The second kappa shape index (κ2) is 5.35. The molecule has 0 atom stereocenters. The van der Waals surface area contributed by atoms with Gasteiger partial charge in [0.2, 0.25) is 0 Å². The van der Waals surface area contributed by atoms with Gasteiger partial charge in [0, 0.05) is 12.6 Å². The first-order valence-corrected chi connectivity index (χ1v) is 6.30. The van der Waals surface area contributed by atoms with Crippen molar-refractivity contribution in [2.75, 3.05) is 7.05 Å². The van der Waals surface area contributed by atoms with Crippen molar-refractivity contribution in [2.45, 2.75) is 19.4 Å². The zero-order valence-corrected chi connectivity index (χ0v) is 12.0. The molecule has 0 aliphatic heterocycles. The molecule has 21 heavy (non-hydrogen) atoms. The fraction of sp³-hybridized carbons (Fsp3) is 0.286. The molecule has 1 aromatic heterocycles. The molecule has 2 aromatic rings. The Kier molecular flexibility index (Phi) is 3.75. The van der Waals surface area contributed by atoms with Gasteiger partial charge < -0.3 is 10.0 Å². The normalized spacial score (nSPS) is 11.2. The van der Waals surface area contributed by atoms with Crippen molar-refractivity contribution in [1.29, 1.82) is 0 Å². The second-order valence-corrected chi connectivity index (χ2v) is 5.12. The fourth-order valence-electron chi connectivity index (χ4n) is 1.71. The summed E-state index contributed by atoms with van der Waals surface area (Å²) in [5.41, 5.74) is -0.222. The summed E-state index contributed by atoms with van der Waals surface area (Å²) in [5.74, 6) is -1.44. The summed E-state index contributed by atoms with van der Waals surface area (Å²) in [5, 5.41) is 13.2. The molecule has 1 amide bonds. The van der Waals surface area contributed by atoms with Gasteiger partial charge in [0.15, 0.2) is 0 Å². The highest BCUT2D eigenvalue weighted by molar-refractivity contribution is 5.97. The van der Waals surface area contributed by atoms with Gasteiger partial charge in [-0.15, -0.1) is 0 Å². The standard InChI is InChI=1S/C14H16N4O3/c1-14(2,13(20)21)17(3)12(19)10-5-4-6-11(7-10)18-9-15-8-16-18/h4-9H,1-3H3,(H,20,21). The van der Waals surface area contributed by atoms with Crippen molar-refractivity contribution in [3.63, 3.8) is 0 Å². The van der Waals surface area contributed by atoms with Crippen LogP contribution in [0.2, 0.25) is 0 Å². The zero-order chi connectivity index (χ0) is 15.6. The van der Waals surface area contributed by atoms with Crippen LogP contribution in [0.15, 0.2) is 36.9 Å². The minimum Gasteiger partial charge on any atom is -0.480 e. The Morgan fingerprint density at radius 1 is 1.33 bits per heavy atom. The van der Waals surface area contributed by atoms with Gasteiger partial charge in [-0.05, 0) is 32.0 Å². The number of aliphatic carboxylic acids is 1. The molecule has 2 rings (SSSR count). The number of carboxylic acid groups (broad SMARTS) is 1. The molecular formula is C14H16N4O3. The Morgan fingerprint density at radius 2 is 2.05 bits per heavy atom. The Bertz CT molecular complexity index is 665. The van der Waals surface area contributed by atoms with E-state index < -0.39 is 11.5 Å². The lowest BCUT2D eigenvalue weighted by Crippen LogP contribution is -2.50. The number of hydrogen-bond donors (Lipinski definition) is 1. The van der Waals surface area contributed by atoms with Crippen LogP contribution in [-0.2, 0) is 4.79 Å². The van der Waals surface area contributed by atoms with E-state index in [9.17, 15) is 14.7 Å². The van der Waals surface area contributed by atoms with Crippen LogP contribution < -0.4 is 0 Å². The van der Waals surface area contributed by atoms with E-state index in [0.29, 0.717) is 11.3 Å². The third kappa shape index (κ3) is 2.76. The molecule has 7 heteroatoms. The summed E-state index contributed by atoms with van der Waals surface area (Å²) in [6.45, 7) is 2.96. The molecule has 0 unspecified atom stereocenters. The van der Waals surface area contributed by atoms with E-state index in [1.807, 2.05) is 0 Å². The molecule has 0 spiro atoms. The number of hydrogen-bond acceptors (Lipinski definition) is 4. The fourth-order valence-corrected chi connectivity index (χ4v) is 1.71. The Labute approximate surface area is 121 Å². The van der Waals surface area contributed by atoms with Gasteiger partial charge >= 0.3 is 5.97 Å². The van der Waals surface area contributed by atoms with Crippen molar-refractivity contribution >= 4 is 11.9 Å². The van der Waals surface area contributed by atoms with E-state index in [4.69, 9.17) is 0 Å². The van der Waals surface area contributed by atoms with Gasteiger partial charge in [-0.25, -0.2) is 14.5 Å². The summed E-state index contributed by atoms with van der Waals surface area (Å²) in [6, 6.07) is 6.78. The monoisotopic (exact) mass is 288 g/mol. The number of rotatable bonds is 4. The van der Waals surface area contributed by atoms with Crippen LogP contribution in [0.1, 0.15) is 24.2 Å². The van der Waals surface area contributed by atoms with Crippen LogP contribution in [0.4, 0.5) is 0 Å². The quantitative estimate of drug-likeness (QED) is 0.913. The lowest BCUT2D eigenvalue weighted by atomic mass is 10.0. The van der Waals surface area contributed by atoms with E-state index >= 15 is 0 Å². The molecule has 1 heterocycles. The molecule has 1 N–H and O–H groups in total. The Morgan fingerprint density at radius 3 is 2.62 bits per heavy atom. The van der Waals surface area contributed by atoms with Crippen LogP contribution in [0, 0.1) is 0 Å². The van der Waals surface area contributed by atoms with Crippen LogP contribution >= 0.6 is 0 Å². The molecule has 0 saturated heterocycles. The zero-order valence-electron chi connectivity index (χ0n) is 12.0. The number of benzene rings is 1. The predicted octanol–water partition coefficient (Wildman–Crippen LogP) is 1.20. The third-order valence-electron chi connectivity index (χ3n) is 3.44. The molecule has 0 radical (unpaired) electrons. The average Bonchev–Trinajstić information content (AvgIpc) is 2.99.